The van der Waals surface area contributed by atoms with Crippen LogP contribution in [0.4, 0.5) is 0 Å². The molecule has 0 radical (unpaired) electrons. The summed E-state index contributed by atoms with van der Waals surface area (Å²) in [4.78, 5) is 17.2. The molecule has 0 saturated heterocycles. The molecule has 0 saturated carbocycles. The van der Waals surface area contributed by atoms with Crippen LogP contribution >= 0.6 is 0 Å². The van der Waals surface area contributed by atoms with Gasteiger partial charge in [0.1, 0.15) is 11.5 Å². The summed E-state index contributed by atoms with van der Waals surface area (Å²) in [6.07, 6.45) is 1.74. The number of carbonyl (C=O) groups excluding carboxylic acids is 1. The summed E-state index contributed by atoms with van der Waals surface area (Å²) >= 11 is 0. The van der Waals surface area contributed by atoms with Gasteiger partial charge in [-0.05, 0) is 50.3 Å². The molecule has 1 unspecified atom stereocenters. The molecule has 3 aromatic heterocycles. The summed E-state index contributed by atoms with van der Waals surface area (Å²) < 4.78 is 13.3. The highest BCUT2D eigenvalue weighted by molar-refractivity contribution is 5.85. The number of rotatable bonds is 4. The second kappa shape index (κ2) is 6.90. The fraction of sp³-hybridized carbons (Fsp3) is 0.500. The van der Waals surface area contributed by atoms with Crippen molar-refractivity contribution in [3.8, 4) is 5.88 Å². The highest BCUT2D eigenvalue weighted by atomic mass is 16.5. The highest BCUT2D eigenvalue weighted by Crippen LogP contribution is 2.42. The van der Waals surface area contributed by atoms with E-state index in [2.05, 4.69) is 29.2 Å². The molecule has 3 heterocycles. The minimum absolute atomic E-state index is 0.0634. The first-order chi connectivity index (χ1) is 13.6. The third-order valence-electron chi connectivity index (χ3n) is 5.50. The van der Waals surface area contributed by atoms with Crippen LogP contribution in [0.25, 0.3) is 11.0 Å². The van der Waals surface area contributed by atoms with Crippen molar-refractivity contribution < 1.29 is 13.9 Å². The maximum Gasteiger partial charge on any atom is 0.258 e. The molecule has 4 rings (SSSR count). The number of fused-ring (bicyclic) bond motifs is 2. The van der Waals surface area contributed by atoms with Crippen LogP contribution in [0, 0.1) is 26.2 Å². The van der Waals surface area contributed by atoms with Crippen LogP contribution in [-0.2, 0) is 18.3 Å². The van der Waals surface area contributed by atoms with E-state index in [1.807, 2.05) is 40.0 Å². The van der Waals surface area contributed by atoms with Crippen LogP contribution in [0.3, 0.4) is 0 Å². The van der Waals surface area contributed by atoms with Gasteiger partial charge >= 0.3 is 0 Å². The Balaban J connectivity index is 1.50. The van der Waals surface area contributed by atoms with Gasteiger partial charge in [0.05, 0.1) is 11.4 Å². The average Bonchev–Trinajstić information content (AvgIpc) is 3.11. The minimum atomic E-state index is -0.172. The second-order valence-electron chi connectivity index (χ2n) is 8.90. The van der Waals surface area contributed by atoms with E-state index in [9.17, 15) is 4.79 Å². The van der Waals surface area contributed by atoms with Crippen LogP contribution in [0.5, 0.6) is 5.88 Å². The fourth-order valence-electron chi connectivity index (χ4n) is 4.33. The predicted molar refractivity (Wildman–Crippen MR) is 110 cm³/mol. The number of nitrogens with one attached hydrogen (secondary N) is 1. The summed E-state index contributed by atoms with van der Waals surface area (Å²) in [6.45, 7) is 10.2. The van der Waals surface area contributed by atoms with E-state index in [-0.39, 0.29) is 24.0 Å². The SMILES string of the molecule is Cc1cc(C)c2c(OCC(=O)NC3CC(C)(C)Cc4oc(C)cc43)nn(C)c2n1. The molecule has 154 valence electrons. The second-order valence-corrected chi connectivity index (χ2v) is 8.90. The number of hydrogen-bond acceptors (Lipinski definition) is 5. The molecule has 1 aliphatic carbocycles. The Hall–Kier alpha value is -2.83. The van der Waals surface area contributed by atoms with Gasteiger partial charge in [-0.3, -0.25) is 4.79 Å². The van der Waals surface area contributed by atoms with Crippen molar-refractivity contribution in [1.29, 1.82) is 0 Å². The van der Waals surface area contributed by atoms with Crippen LogP contribution in [0.15, 0.2) is 16.5 Å². The fourth-order valence-corrected chi connectivity index (χ4v) is 4.33. The molecule has 0 aliphatic heterocycles. The summed E-state index contributed by atoms with van der Waals surface area (Å²) in [6, 6.07) is 3.94. The van der Waals surface area contributed by atoms with E-state index in [0.717, 1.165) is 52.2 Å². The Bertz CT molecular complexity index is 1090. The number of pyridine rings is 1. The van der Waals surface area contributed by atoms with Crippen molar-refractivity contribution in [1.82, 2.24) is 20.1 Å². The molecule has 0 bridgehead atoms. The Kier molecular flexibility index (Phi) is 4.63. The monoisotopic (exact) mass is 396 g/mol. The summed E-state index contributed by atoms with van der Waals surface area (Å²) in [7, 11) is 1.83. The zero-order chi connectivity index (χ0) is 20.9. The molecular formula is C22H28N4O3. The van der Waals surface area contributed by atoms with E-state index in [4.69, 9.17) is 9.15 Å². The summed E-state index contributed by atoms with van der Waals surface area (Å²) in [5.74, 6) is 2.11. The molecule has 1 N–H and O–H groups in total. The smallest absolute Gasteiger partial charge is 0.258 e. The van der Waals surface area contributed by atoms with Crippen LogP contribution in [0.1, 0.15) is 54.7 Å². The quantitative estimate of drug-likeness (QED) is 0.727. The van der Waals surface area contributed by atoms with Crippen LogP contribution in [0.2, 0.25) is 0 Å². The molecule has 0 fully saturated rings. The Labute approximate surface area is 170 Å². The maximum absolute atomic E-state index is 12.7. The molecule has 1 atom stereocenters. The van der Waals surface area contributed by atoms with Gasteiger partial charge in [-0.2, -0.15) is 0 Å². The van der Waals surface area contributed by atoms with Gasteiger partial charge in [0.25, 0.3) is 5.91 Å². The lowest BCUT2D eigenvalue weighted by atomic mass is 9.74. The van der Waals surface area contributed by atoms with Crippen molar-refractivity contribution in [2.45, 2.75) is 53.5 Å². The summed E-state index contributed by atoms with van der Waals surface area (Å²) in [5, 5.41) is 8.37. The minimum Gasteiger partial charge on any atom is -0.466 e. The first-order valence-electron chi connectivity index (χ1n) is 9.95. The Morgan fingerprint density at radius 1 is 1.34 bits per heavy atom. The Morgan fingerprint density at radius 3 is 2.86 bits per heavy atom. The molecule has 0 spiro atoms. The molecule has 29 heavy (non-hydrogen) atoms. The molecule has 7 nitrogen and oxygen atoms in total. The number of nitrogens with zero attached hydrogens (tertiary/aromatic N) is 3. The maximum atomic E-state index is 12.7. The number of furan rings is 1. The third kappa shape index (κ3) is 3.73. The van der Waals surface area contributed by atoms with Gasteiger partial charge in [0, 0.05) is 24.7 Å². The van der Waals surface area contributed by atoms with Crippen molar-refractivity contribution in [3.63, 3.8) is 0 Å². The lowest BCUT2D eigenvalue weighted by Crippen LogP contribution is -2.38. The van der Waals surface area contributed by atoms with Gasteiger partial charge in [-0.1, -0.05) is 13.8 Å². The molecule has 0 aromatic carbocycles. The van der Waals surface area contributed by atoms with Crippen molar-refractivity contribution >= 4 is 16.9 Å². The van der Waals surface area contributed by atoms with E-state index >= 15 is 0 Å². The number of aromatic nitrogens is 3. The van der Waals surface area contributed by atoms with E-state index in [1.54, 1.807) is 4.68 Å². The Morgan fingerprint density at radius 2 is 2.10 bits per heavy atom. The molecule has 7 heteroatoms. The number of ether oxygens (including phenoxy) is 1. The summed E-state index contributed by atoms with van der Waals surface area (Å²) in [5.41, 5.74) is 3.85. The number of carbonyl (C=O) groups is 1. The topological polar surface area (TPSA) is 82.2 Å². The van der Waals surface area contributed by atoms with E-state index < -0.39 is 0 Å². The van der Waals surface area contributed by atoms with Crippen molar-refractivity contribution in [2.75, 3.05) is 6.61 Å². The number of hydrogen-bond donors (Lipinski definition) is 1. The first kappa shape index (κ1) is 19.5. The standard InChI is InChI=1S/C22H28N4O3/c1-12-7-13(2)23-20-19(12)21(25-26(20)6)28-11-18(27)24-16-9-22(4,5)10-17-15(16)8-14(3)29-17/h7-8,16H,9-11H2,1-6H3,(H,24,27). The normalized spacial score (nSPS) is 17.9. The lowest BCUT2D eigenvalue weighted by Gasteiger charge is -2.34. The lowest BCUT2D eigenvalue weighted by molar-refractivity contribution is -0.124. The van der Waals surface area contributed by atoms with Crippen molar-refractivity contribution in [3.05, 3.63) is 40.5 Å². The first-order valence-corrected chi connectivity index (χ1v) is 9.95. The molecule has 3 aromatic rings. The van der Waals surface area contributed by atoms with Crippen LogP contribution < -0.4 is 10.1 Å². The molecule has 1 aliphatic rings. The number of aryl methyl sites for hydroxylation is 4. The van der Waals surface area contributed by atoms with Gasteiger partial charge in [0.15, 0.2) is 12.3 Å². The highest BCUT2D eigenvalue weighted by Gasteiger charge is 2.35. The van der Waals surface area contributed by atoms with Gasteiger partial charge in [-0.25, -0.2) is 9.67 Å². The van der Waals surface area contributed by atoms with Gasteiger partial charge < -0.3 is 14.5 Å². The van der Waals surface area contributed by atoms with E-state index in [1.165, 1.54) is 0 Å². The van der Waals surface area contributed by atoms with Crippen LogP contribution in [-0.4, -0.2) is 27.3 Å². The van der Waals surface area contributed by atoms with E-state index in [0.29, 0.717) is 5.88 Å². The predicted octanol–water partition coefficient (Wildman–Crippen LogP) is 3.70. The third-order valence-corrected chi connectivity index (χ3v) is 5.50. The zero-order valence-corrected chi connectivity index (χ0v) is 17.9. The average molecular weight is 396 g/mol. The zero-order valence-electron chi connectivity index (χ0n) is 17.9. The number of amides is 1. The molecular weight excluding hydrogens is 368 g/mol. The van der Waals surface area contributed by atoms with Gasteiger partial charge in [0.2, 0.25) is 5.88 Å². The van der Waals surface area contributed by atoms with Gasteiger partial charge in [-0.15, -0.1) is 5.10 Å². The largest absolute Gasteiger partial charge is 0.466 e. The van der Waals surface area contributed by atoms with Crippen molar-refractivity contribution in [2.24, 2.45) is 12.5 Å². The molecule has 1 amide bonds.